The zero-order chi connectivity index (χ0) is 20.2. The fourth-order valence-electron chi connectivity index (χ4n) is 3.56. The zero-order valence-corrected chi connectivity index (χ0v) is 16.9. The predicted octanol–water partition coefficient (Wildman–Crippen LogP) is 5.82. The van der Waals surface area contributed by atoms with Gasteiger partial charge in [0.1, 0.15) is 0 Å². The number of nitrogens with zero attached hydrogens (tertiary/aromatic N) is 1. The molecule has 29 heavy (non-hydrogen) atoms. The van der Waals surface area contributed by atoms with Crippen molar-refractivity contribution in [3.8, 4) is 11.1 Å². The lowest BCUT2D eigenvalue weighted by molar-refractivity contribution is -0.154. The summed E-state index contributed by atoms with van der Waals surface area (Å²) < 4.78 is 5.18. The maximum absolute atomic E-state index is 12.3. The molecule has 148 valence electrons. The van der Waals surface area contributed by atoms with Crippen molar-refractivity contribution in [2.45, 2.75) is 25.5 Å². The molecule has 4 rings (SSSR count). The molecule has 5 heteroatoms. The molecule has 2 atom stereocenters. The maximum atomic E-state index is 12.3. The molecule has 0 spiro atoms. The lowest BCUT2D eigenvalue weighted by atomic mass is 9.97. The van der Waals surface area contributed by atoms with Gasteiger partial charge >= 0.3 is 5.97 Å². The standard InChI is InChI=1S/C24H22ClNO3/c1-2-28-24(27)23-16-22(26(29-23)21-14-12-20(25)13-15-21)19-10-8-18(9-11-19)17-6-4-3-5-7-17/h3-15,22-23H,2,16H2,1H3. The quantitative estimate of drug-likeness (QED) is 0.499. The molecule has 3 aromatic carbocycles. The van der Waals surface area contributed by atoms with Gasteiger partial charge in [0, 0.05) is 11.4 Å². The minimum Gasteiger partial charge on any atom is -0.464 e. The molecular formula is C24H22ClNO3. The van der Waals surface area contributed by atoms with Crippen molar-refractivity contribution in [3.05, 3.63) is 89.4 Å². The van der Waals surface area contributed by atoms with E-state index in [0.29, 0.717) is 18.1 Å². The Labute approximate surface area is 175 Å². The smallest absolute Gasteiger partial charge is 0.338 e. The van der Waals surface area contributed by atoms with Crippen LogP contribution in [0.2, 0.25) is 5.02 Å². The lowest BCUT2D eigenvalue weighted by Gasteiger charge is -2.25. The Hall–Kier alpha value is -2.82. The van der Waals surface area contributed by atoms with Gasteiger partial charge in [0.05, 0.1) is 18.3 Å². The molecule has 1 fully saturated rings. The number of halogens is 1. The molecule has 1 heterocycles. The van der Waals surface area contributed by atoms with Crippen molar-refractivity contribution in [2.24, 2.45) is 0 Å². The first-order valence-electron chi connectivity index (χ1n) is 9.69. The van der Waals surface area contributed by atoms with Crippen LogP contribution in [0.1, 0.15) is 24.9 Å². The van der Waals surface area contributed by atoms with Crippen molar-refractivity contribution < 1.29 is 14.4 Å². The second-order valence-electron chi connectivity index (χ2n) is 6.89. The highest BCUT2D eigenvalue weighted by Gasteiger charge is 2.39. The van der Waals surface area contributed by atoms with Crippen LogP contribution < -0.4 is 5.06 Å². The van der Waals surface area contributed by atoms with Gasteiger partial charge in [0.15, 0.2) is 6.10 Å². The average molecular weight is 408 g/mol. The molecule has 0 saturated carbocycles. The van der Waals surface area contributed by atoms with Crippen molar-refractivity contribution in [3.63, 3.8) is 0 Å². The summed E-state index contributed by atoms with van der Waals surface area (Å²) in [5.41, 5.74) is 4.23. The molecule has 1 aliphatic heterocycles. The van der Waals surface area contributed by atoms with E-state index in [1.54, 1.807) is 12.0 Å². The van der Waals surface area contributed by atoms with Crippen LogP contribution in [0, 0.1) is 0 Å². The first-order valence-corrected chi connectivity index (χ1v) is 10.1. The van der Waals surface area contributed by atoms with Gasteiger partial charge in [-0.1, -0.05) is 66.2 Å². The van der Waals surface area contributed by atoms with Gasteiger partial charge in [0.2, 0.25) is 0 Å². The highest BCUT2D eigenvalue weighted by molar-refractivity contribution is 6.30. The molecule has 0 amide bonds. The van der Waals surface area contributed by atoms with E-state index in [4.69, 9.17) is 21.2 Å². The Morgan fingerprint density at radius 2 is 1.66 bits per heavy atom. The third-order valence-electron chi connectivity index (χ3n) is 4.99. The summed E-state index contributed by atoms with van der Waals surface area (Å²) in [7, 11) is 0. The van der Waals surface area contributed by atoms with Crippen molar-refractivity contribution in [2.75, 3.05) is 11.7 Å². The number of rotatable bonds is 5. The molecule has 0 N–H and O–H groups in total. The lowest BCUT2D eigenvalue weighted by Crippen LogP contribution is -2.26. The first-order chi connectivity index (χ1) is 14.2. The summed E-state index contributed by atoms with van der Waals surface area (Å²) >= 11 is 6.03. The van der Waals surface area contributed by atoms with E-state index in [-0.39, 0.29) is 12.0 Å². The maximum Gasteiger partial charge on any atom is 0.338 e. The summed E-state index contributed by atoms with van der Waals surface area (Å²) in [4.78, 5) is 18.3. The average Bonchev–Trinajstić information content (AvgIpc) is 3.21. The molecule has 0 bridgehead atoms. The van der Waals surface area contributed by atoms with Crippen LogP contribution in [-0.4, -0.2) is 18.7 Å². The summed E-state index contributed by atoms with van der Waals surface area (Å²) in [6.45, 7) is 2.12. The molecule has 1 aliphatic rings. The van der Waals surface area contributed by atoms with E-state index in [2.05, 4.69) is 36.4 Å². The van der Waals surface area contributed by atoms with Crippen LogP contribution in [-0.2, 0) is 14.4 Å². The van der Waals surface area contributed by atoms with E-state index in [0.717, 1.165) is 16.8 Å². The molecule has 0 aliphatic carbocycles. The molecule has 3 aromatic rings. The topological polar surface area (TPSA) is 38.8 Å². The number of carbonyl (C=O) groups is 1. The number of hydrogen-bond acceptors (Lipinski definition) is 4. The first kappa shape index (κ1) is 19.5. The summed E-state index contributed by atoms with van der Waals surface area (Å²) in [6.07, 6.45) is -0.115. The molecule has 0 radical (unpaired) electrons. The normalized spacial score (nSPS) is 18.6. The Bertz CT molecular complexity index is 958. The van der Waals surface area contributed by atoms with Crippen LogP contribution in [0.5, 0.6) is 0 Å². The SMILES string of the molecule is CCOC(=O)C1CC(c2ccc(-c3ccccc3)cc2)N(c2ccc(Cl)cc2)O1. The third-order valence-corrected chi connectivity index (χ3v) is 5.25. The van der Waals surface area contributed by atoms with Gasteiger partial charge in [-0.2, -0.15) is 0 Å². The fourth-order valence-corrected chi connectivity index (χ4v) is 3.68. The van der Waals surface area contributed by atoms with Crippen LogP contribution in [0.25, 0.3) is 11.1 Å². The molecule has 1 saturated heterocycles. The van der Waals surface area contributed by atoms with Crippen molar-refractivity contribution in [1.29, 1.82) is 0 Å². The number of benzene rings is 3. The summed E-state index contributed by atoms with van der Waals surface area (Å²) in [5.74, 6) is -0.338. The highest BCUT2D eigenvalue weighted by Crippen LogP contribution is 2.39. The van der Waals surface area contributed by atoms with Crippen LogP contribution in [0.4, 0.5) is 5.69 Å². The van der Waals surface area contributed by atoms with Crippen LogP contribution in [0.15, 0.2) is 78.9 Å². The molecular weight excluding hydrogens is 386 g/mol. The number of ether oxygens (including phenoxy) is 1. The number of anilines is 1. The van der Waals surface area contributed by atoms with Gasteiger partial charge in [-0.15, -0.1) is 0 Å². The van der Waals surface area contributed by atoms with Gasteiger partial charge in [-0.05, 0) is 47.9 Å². The van der Waals surface area contributed by atoms with Crippen molar-refractivity contribution >= 4 is 23.3 Å². The Kier molecular flexibility index (Phi) is 5.84. The van der Waals surface area contributed by atoms with Crippen LogP contribution >= 0.6 is 11.6 Å². The largest absolute Gasteiger partial charge is 0.464 e. The second-order valence-corrected chi connectivity index (χ2v) is 7.32. The van der Waals surface area contributed by atoms with Gasteiger partial charge < -0.3 is 4.74 Å². The zero-order valence-electron chi connectivity index (χ0n) is 16.1. The molecule has 4 nitrogen and oxygen atoms in total. The molecule has 0 aromatic heterocycles. The summed E-state index contributed by atoms with van der Waals surface area (Å²) in [5, 5.41) is 2.44. The number of hydrogen-bond donors (Lipinski definition) is 0. The van der Waals surface area contributed by atoms with E-state index >= 15 is 0 Å². The van der Waals surface area contributed by atoms with Crippen LogP contribution in [0.3, 0.4) is 0 Å². The van der Waals surface area contributed by atoms with Gasteiger partial charge in [-0.3, -0.25) is 4.84 Å². The highest BCUT2D eigenvalue weighted by atomic mass is 35.5. The van der Waals surface area contributed by atoms with Gasteiger partial charge in [-0.25, -0.2) is 9.86 Å². The van der Waals surface area contributed by atoms with E-state index < -0.39 is 6.10 Å². The number of hydroxylamine groups is 1. The van der Waals surface area contributed by atoms with E-state index in [1.165, 1.54) is 5.56 Å². The fraction of sp³-hybridized carbons (Fsp3) is 0.208. The minimum atomic E-state index is -0.635. The Morgan fingerprint density at radius 3 is 2.31 bits per heavy atom. The third kappa shape index (κ3) is 4.29. The summed E-state index contributed by atoms with van der Waals surface area (Å²) in [6, 6.07) is 25.9. The van der Waals surface area contributed by atoms with Gasteiger partial charge in [0.25, 0.3) is 0 Å². The second kappa shape index (κ2) is 8.68. The van der Waals surface area contributed by atoms with E-state index in [9.17, 15) is 4.79 Å². The monoisotopic (exact) mass is 407 g/mol. The number of esters is 1. The van der Waals surface area contributed by atoms with E-state index in [1.807, 2.05) is 42.5 Å². The Balaban J connectivity index is 1.63. The predicted molar refractivity (Wildman–Crippen MR) is 115 cm³/mol. The Morgan fingerprint density at radius 1 is 1.00 bits per heavy atom. The van der Waals surface area contributed by atoms with Crippen molar-refractivity contribution in [1.82, 2.24) is 0 Å². The molecule has 2 unspecified atom stereocenters. The number of carbonyl (C=O) groups excluding carboxylic acids is 1. The minimum absolute atomic E-state index is 0.101.